The van der Waals surface area contributed by atoms with Gasteiger partial charge in [-0.15, -0.1) is 0 Å². The minimum absolute atomic E-state index is 0.0534. The Bertz CT molecular complexity index is 1530. The molecule has 18 nitrogen and oxygen atoms in total. The van der Waals surface area contributed by atoms with Crippen LogP contribution in [-0.4, -0.2) is 85.7 Å². The minimum atomic E-state index is -5.41. The Balaban J connectivity index is 1.86. The van der Waals surface area contributed by atoms with Crippen LogP contribution in [0.5, 0.6) is 0 Å². The Labute approximate surface area is 355 Å². The van der Waals surface area contributed by atoms with Crippen LogP contribution in [-0.2, 0) is 46.3 Å². The molecule has 1 aliphatic heterocycles. The second-order valence-electron chi connectivity index (χ2n) is 16.0. The van der Waals surface area contributed by atoms with Crippen LogP contribution in [0.25, 0.3) is 0 Å². The van der Waals surface area contributed by atoms with Crippen molar-refractivity contribution >= 4 is 33.4 Å². The maximum absolute atomic E-state index is 12.8. The van der Waals surface area contributed by atoms with E-state index in [4.69, 9.17) is 29.0 Å². The summed E-state index contributed by atoms with van der Waals surface area (Å²) in [7, 11) is -10.8. The first-order valence-corrected chi connectivity index (χ1v) is 24.8. The zero-order valence-corrected chi connectivity index (χ0v) is 37.9. The van der Waals surface area contributed by atoms with E-state index >= 15 is 0 Å². The molecule has 6 N–H and O–H groups in total. The van der Waals surface area contributed by atoms with Gasteiger partial charge in [-0.25, -0.2) is 13.9 Å². The summed E-state index contributed by atoms with van der Waals surface area (Å²) in [5.74, 6) is 0.196. The van der Waals surface area contributed by atoms with E-state index in [2.05, 4.69) is 37.0 Å². The van der Waals surface area contributed by atoms with Crippen molar-refractivity contribution < 1.29 is 66.3 Å². The van der Waals surface area contributed by atoms with Gasteiger partial charge in [0, 0.05) is 19.0 Å². The van der Waals surface area contributed by atoms with Crippen molar-refractivity contribution in [2.75, 3.05) is 25.6 Å². The van der Waals surface area contributed by atoms with E-state index in [0.717, 1.165) is 74.0 Å². The molecule has 60 heavy (non-hydrogen) atoms. The number of esters is 2. The van der Waals surface area contributed by atoms with Gasteiger partial charge in [-0.2, -0.15) is 9.29 Å². The van der Waals surface area contributed by atoms with Gasteiger partial charge in [0.25, 0.3) is 0 Å². The third-order valence-corrected chi connectivity index (χ3v) is 13.4. The second kappa shape index (κ2) is 29.2. The number of aromatic nitrogens is 2. The molecule has 0 aliphatic carbocycles. The van der Waals surface area contributed by atoms with Gasteiger partial charge >= 0.3 is 33.3 Å². The fraction of sp³-hybridized carbons (Fsp3) is 0.850. The normalized spacial score (nSPS) is 21.5. The lowest BCUT2D eigenvalue weighted by molar-refractivity contribution is -0.161. The Morgan fingerprint density at radius 2 is 1.28 bits per heavy atom. The number of phosphoric ester groups is 2. The van der Waals surface area contributed by atoms with Crippen LogP contribution in [0.1, 0.15) is 162 Å². The van der Waals surface area contributed by atoms with E-state index in [-0.39, 0.29) is 18.7 Å². The molecular formula is C40H73N3O15P2. The Kier molecular flexibility index (Phi) is 26.2. The number of ether oxygens (including phenoxy) is 3. The van der Waals surface area contributed by atoms with Gasteiger partial charge in [-0.3, -0.25) is 23.2 Å². The highest BCUT2D eigenvalue weighted by molar-refractivity contribution is 7.61. The third kappa shape index (κ3) is 22.7. The first kappa shape index (κ1) is 53.9. The van der Waals surface area contributed by atoms with Gasteiger partial charge in [0.2, 0.25) is 0 Å². The van der Waals surface area contributed by atoms with E-state index < -0.39 is 83.7 Å². The predicted octanol–water partition coefficient (Wildman–Crippen LogP) is 7.26. The number of phosphoric acid groups is 2. The molecule has 0 amide bonds. The van der Waals surface area contributed by atoms with Gasteiger partial charge in [0.1, 0.15) is 30.7 Å². The average molecular weight is 898 g/mol. The van der Waals surface area contributed by atoms with E-state index in [0.29, 0.717) is 12.8 Å². The lowest BCUT2D eigenvalue weighted by atomic mass is 9.99. The number of rotatable bonds is 34. The summed E-state index contributed by atoms with van der Waals surface area (Å²) in [5, 5.41) is 20.8. The van der Waals surface area contributed by atoms with Crippen LogP contribution in [0.2, 0.25) is 0 Å². The monoisotopic (exact) mass is 897 g/mol. The van der Waals surface area contributed by atoms with Crippen molar-refractivity contribution in [1.29, 1.82) is 0 Å². The predicted molar refractivity (Wildman–Crippen MR) is 224 cm³/mol. The van der Waals surface area contributed by atoms with Crippen LogP contribution < -0.4 is 11.4 Å². The smallest absolute Gasteiger partial charge is 0.462 e. The summed E-state index contributed by atoms with van der Waals surface area (Å²) in [6, 6.07) is 1.25. The summed E-state index contributed by atoms with van der Waals surface area (Å²) >= 11 is 0. The maximum Gasteiger partial charge on any atom is 0.481 e. The van der Waals surface area contributed by atoms with E-state index in [9.17, 15) is 43.5 Å². The Hall–Kier alpha value is -2.24. The molecule has 5 unspecified atom stereocenters. The van der Waals surface area contributed by atoms with Crippen molar-refractivity contribution in [3.8, 4) is 0 Å². The highest BCUT2D eigenvalue weighted by atomic mass is 31.3. The highest BCUT2D eigenvalue weighted by Gasteiger charge is 2.46. The number of aliphatic hydroxyl groups is 2. The molecule has 2 heterocycles. The van der Waals surface area contributed by atoms with Crippen LogP contribution in [0.15, 0.2) is 17.1 Å². The van der Waals surface area contributed by atoms with Crippen molar-refractivity contribution in [3.05, 3.63) is 22.7 Å². The first-order chi connectivity index (χ1) is 28.5. The number of aliphatic hydroxyl groups excluding tert-OH is 2. The average Bonchev–Trinajstić information content (AvgIpc) is 3.47. The topological polar surface area (TPSA) is 265 Å². The molecule has 1 aromatic heterocycles. The molecule has 0 aromatic carbocycles. The molecule has 0 spiro atoms. The summed E-state index contributed by atoms with van der Waals surface area (Å²) < 4.78 is 56.5. The maximum atomic E-state index is 12.8. The largest absolute Gasteiger partial charge is 0.481 e. The van der Waals surface area contributed by atoms with Crippen LogP contribution in [0.4, 0.5) is 5.82 Å². The van der Waals surface area contributed by atoms with Crippen molar-refractivity contribution in [2.24, 2.45) is 11.8 Å². The molecule has 2 rings (SSSR count). The SMILES string of the molecule is CCC(C)CCCCCCCCCCC(=O)O[C@H](COC(=O)CCCCCCCCC(C)CC)COP(=O)(O)OP(=O)(O)OC[C@H]1O[C@@H](n2ccc(N)nc2=O)C(O)[C@H]1O. The summed E-state index contributed by atoms with van der Waals surface area (Å²) in [5.41, 5.74) is 4.57. The number of nitrogens with zero attached hydrogens (tertiary/aromatic N) is 2. The standard InChI is InChI=1S/C40H73N3O15P2/c1-5-30(3)21-17-13-9-7-8-10-16-20-24-36(45)56-32(27-53-35(44)23-19-15-12-11-14-18-22-31(4)6-2)28-54-59(49,50)58-60(51,52)55-29-33-37(46)38(47)39(57-33)43-26-25-34(41)42-40(43)48/h25-26,30-33,37-39,46-47H,5-24,27-29H2,1-4H3,(H,49,50)(H,51,52)(H2,41,42,48)/t30?,31?,32-,33-,37+,38?,39-/m1/s1. The van der Waals surface area contributed by atoms with Crippen LogP contribution >= 0.6 is 15.6 Å². The molecule has 1 saturated heterocycles. The summed E-state index contributed by atoms with van der Waals surface area (Å²) in [6.45, 7) is 6.65. The van der Waals surface area contributed by atoms with Crippen LogP contribution in [0, 0.1) is 11.8 Å². The van der Waals surface area contributed by atoms with Gasteiger partial charge in [0.05, 0.1) is 13.2 Å². The number of carbonyl (C=O) groups is 2. The van der Waals surface area contributed by atoms with E-state index in [1.807, 2.05) is 0 Å². The Morgan fingerprint density at radius 1 is 0.783 bits per heavy atom. The third-order valence-electron chi connectivity index (χ3n) is 10.8. The molecule has 0 radical (unpaired) electrons. The van der Waals surface area contributed by atoms with Crippen molar-refractivity contribution in [2.45, 2.75) is 187 Å². The van der Waals surface area contributed by atoms with Gasteiger partial charge in [-0.1, -0.05) is 130 Å². The van der Waals surface area contributed by atoms with Gasteiger partial charge in [-0.05, 0) is 30.7 Å². The molecule has 0 saturated carbocycles. The summed E-state index contributed by atoms with van der Waals surface area (Å²) in [4.78, 5) is 61.5. The zero-order valence-electron chi connectivity index (χ0n) is 36.1. The van der Waals surface area contributed by atoms with Crippen molar-refractivity contribution in [1.82, 2.24) is 9.55 Å². The number of nitrogen functional groups attached to an aromatic ring is 1. The molecule has 348 valence electrons. The lowest BCUT2D eigenvalue weighted by Gasteiger charge is -2.21. The van der Waals surface area contributed by atoms with Crippen LogP contribution in [0.3, 0.4) is 0 Å². The molecule has 1 aliphatic rings. The number of unbranched alkanes of at least 4 members (excludes halogenated alkanes) is 12. The number of hydrogen-bond acceptors (Lipinski definition) is 15. The molecule has 0 bridgehead atoms. The first-order valence-electron chi connectivity index (χ1n) is 21.8. The van der Waals surface area contributed by atoms with Gasteiger partial charge in [0.15, 0.2) is 12.3 Å². The minimum Gasteiger partial charge on any atom is -0.462 e. The number of anilines is 1. The van der Waals surface area contributed by atoms with E-state index in [1.165, 1.54) is 57.4 Å². The second-order valence-corrected chi connectivity index (χ2v) is 19.1. The fourth-order valence-corrected chi connectivity index (χ4v) is 8.67. The number of nitrogens with two attached hydrogens (primary N) is 1. The fourth-order valence-electron chi connectivity index (χ4n) is 6.56. The Morgan fingerprint density at radius 3 is 1.82 bits per heavy atom. The number of hydrogen-bond donors (Lipinski definition) is 5. The lowest BCUT2D eigenvalue weighted by Crippen LogP contribution is -2.36. The summed E-state index contributed by atoms with van der Waals surface area (Å²) in [6.07, 6.45) is 12.5. The number of carbonyl (C=O) groups excluding carboxylic acids is 2. The quantitative estimate of drug-likeness (QED) is 0.0259. The molecule has 1 aromatic rings. The molecule has 1 fully saturated rings. The molecule has 9 atom stereocenters. The van der Waals surface area contributed by atoms with E-state index in [1.54, 1.807) is 0 Å². The molecule has 20 heteroatoms. The van der Waals surface area contributed by atoms with Gasteiger partial charge < -0.3 is 39.9 Å². The van der Waals surface area contributed by atoms with Crippen molar-refractivity contribution in [3.63, 3.8) is 0 Å². The molecular weight excluding hydrogens is 824 g/mol. The highest BCUT2D eigenvalue weighted by Crippen LogP contribution is 2.60. The zero-order chi connectivity index (χ0) is 44.6.